The van der Waals surface area contributed by atoms with E-state index in [9.17, 15) is 4.79 Å². The van der Waals surface area contributed by atoms with Crippen molar-refractivity contribution in [3.63, 3.8) is 0 Å². The molecular weight excluding hydrogens is 260 g/mol. The first-order chi connectivity index (χ1) is 9.60. The Balaban J connectivity index is 2.53. The summed E-state index contributed by atoms with van der Waals surface area (Å²) in [6.45, 7) is 1.94. The standard InChI is InChI=1S/C14H16N2O4/c1-4-9-7-11(14(17)18)15-16(9)10-5-6-12(19-2)13(8-10)20-3/h5-8H,4H2,1-3H3,(H,17,18). The van der Waals surface area contributed by atoms with Gasteiger partial charge in [0.05, 0.1) is 19.9 Å². The molecule has 6 nitrogen and oxygen atoms in total. The second kappa shape index (κ2) is 5.64. The van der Waals surface area contributed by atoms with Crippen molar-refractivity contribution in [1.29, 1.82) is 0 Å². The first-order valence-corrected chi connectivity index (χ1v) is 6.15. The summed E-state index contributed by atoms with van der Waals surface area (Å²) in [5.41, 5.74) is 1.57. The molecule has 0 aliphatic rings. The average Bonchev–Trinajstić information content (AvgIpc) is 2.90. The van der Waals surface area contributed by atoms with Crippen LogP contribution in [0, 0.1) is 0 Å². The highest BCUT2D eigenvalue weighted by Gasteiger charge is 2.14. The first-order valence-electron chi connectivity index (χ1n) is 6.15. The Morgan fingerprint density at radius 2 is 1.95 bits per heavy atom. The molecule has 106 valence electrons. The molecule has 0 spiro atoms. The molecule has 1 aromatic heterocycles. The van der Waals surface area contributed by atoms with E-state index in [0.717, 1.165) is 11.4 Å². The van der Waals surface area contributed by atoms with Crippen LogP contribution in [0.3, 0.4) is 0 Å². The van der Waals surface area contributed by atoms with Gasteiger partial charge in [-0.3, -0.25) is 0 Å². The molecule has 0 unspecified atom stereocenters. The Labute approximate surface area is 116 Å². The van der Waals surface area contributed by atoms with E-state index in [-0.39, 0.29) is 5.69 Å². The summed E-state index contributed by atoms with van der Waals surface area (Å²) >= 11 is 0. The topological polar surface area (TPSA) is 73.6 Å². The van der Waals surface area contributed by atoms with Crippen LogP contribution < -0.4 is 9.47 Å². The summed E-state index contributed by atoms with van der Waals surface area (Å²) in [6, 6.07) is 6.89. The average molecular weight is 276 g/mol. The summed E-state index contributed by atoms with van der Waals surface area (Å²) < 4.78 is 12.0. The molecule has 0 saturated carbocycles. The van der Waals surface area contributed by atoms with Crippen molar-refractivity contribution in [1.82, 2.24) is 9.78 Å². The highest BCUT2D eigenvalue weighted by atomic mass is 16.5. The van der Waals surface area contributed by atoms with Crippen LogP contribution >= 0.6 is 0 Å². The van der Waals surface area contributed by atoms with Gasteiger partial charge in [0, 0.05) is 11.8 Å². The summed E-state index contributed by atoms with van der Waals surface area (Å²) in [7, 11) is 3.11. The molecule has 6 heteroatoms. The molecule has 0 aliphatic heterocycles. The normalized spacial score (nSPS) is 10.3. The molecule has 0 saturated heterocycles. The number of nitrogens with zero attached hydrogens (tertiary/aromatic N) is 2. The predicted octanol–water partition coefficient (Wildman–Crippen LogP) is 2.15. The summed E-state index contributed by atoms with van der Waals surface area (Å²) in [4.78, 5) is 11.0. The zero-order chi connectivity index (χ0) is 14.7. The minimum Gasteiger partial charge on any atom is -0.493 e. The molecule has 0 aliphatic carbocycles. The highest BCUT2D eigenvalue weighted by molar-refractivity contribution is 5.85. The van der Waals surface area contributed by atoms with Crippen LogP contribution in [0.5, 0.6) is 11.5 Å². The summed E-state index contributed by atoms with van der Waals surface area (Å²) in [5.74, 6) is 0.137. The maximum Gasteiger partial charge on any atom is 0.356 e. The number of aryl methyl sites for hydroxylation is 1. The van der Waals surface area contributed by atoms with Gasteiger partial charge in [0.1, 0.15) is 0 Å². The zero-order valence-corrected chi connectivity index (χ0v) is 11.6. The van der Waals surface area contributed by atoms with Crippen LogP contribution in [0.2, 0.25) is 0 Å². The van der Waals surface area contributed by atoms with Gasteiger partial charge in [-0.2, -0.15) is 5.10 Å². The Bertz CT molecular complexity index is 634. The van der Waals surface area contributed by atoms with Crippen molar-refractivity contribution in [2.24, 2.45) is 0 Å². The number of rotatable bonds is 5. The number of carboxylic acid groups (broad SMARTS) is 1. The van der Waals surface area contributed by atoms with Crippen molar-refractivity contribution < 1.29 is 19.4 Å². The number of hydrogen-bond donors (Lipinski definition) is 1. The number of aromatic nitrogens is 2. The number of benzene rings is 1. The third-order valence-electron chi connectivity index (χ3n) is 2.98. The molecule has 0 radical (unpaired) electrons. The van der Waals surface area contributed by atoms with Crippen molar-refractivity contribution in [2.45, 2.75) is 13.3 Å². The number of methoxy groups -OCH3 is 2. The third kappa shape index (κ3) is 2.45. The van der Waals surface area contributed by atoms with Gasteiger partial charge >= 0.3 is 5.97 Å². The zero-order valence-electron chi connectivity index (χ0n) is 11.6. The number of carbonyl (C=O) groups is 1. The van der Waals surface area contributed by atoms with Crippen LogP contribution in [0.4, 0.5) is 0 Å². The van der Waals surface area contributed by atoms with Gasteiger partial charge in [-0.15, -0.1) is 0 Å². The fourth-order valence-electron chi connectivity index (χ4n) is 1.96. The summed E-state index contributed by atoms with van der Waals surface area (Å²) in [5, 5.41) is 13.1. The van der Waals surface area contributed by atoms with Crippen LogP contribution in [-0.2, 0) is 6.42 Å². The van der Waals surface area contributed by atoms with Crippen LogP contribution in [0.1, 0.15) is 23.1 Å². The van der Waals surface area contributed by atoms with E-state index in [1.54, 1.807) is 43.2 Å². The lowest BCUT2D eigenvalue weighted by atomic mass is 10.2. The van der Waals surface area contributed by atoms with E-state index >= 15 is 0 Å². The van der Waals surface area contributed by atoms with Gasteiger partial charge in [-0.1, -0.05) is 6.92 Å². The molecular formula is C14H16N2O4. The lowest BCUT2D eigenvalue weighted by Gasteiger charge is -2.11. The van der Waals surface area contributed by atoms with Gasteiger partial charge < -0.3 is 14.6 Å². The Morgan fingerprint density at radius 3 is 2.50 bits per heavy atom. The van der Waals surface area contributed by atoms with E-state index in [4.69, 9.17) is 14.6 Å². The third-order valence-corrected chi connectivity index (χ3v) is 2.98. The fourth-order valence-corrected chi connectivity index (χ4v) is 1.96. The molecule has 0 atom stereocenters. The van der Waals surface area contributed by atoms with Crippen LogP contribution in [-0.4, -0.2) is 35.1 Å². The lowest BCUT2D eigenvalue weighted by molar-refractivity contribution is 0.0690. The van der Waals surface area contributed by atoms with E-state index < -0.39 is 5.97 Å². The van der Waals surface area contributed by atoms with Crippen molar-refractivity contribution >= 4 is 5.97 Å². The molecule has 0 bridgehead atoms. The molecule has 20 heavy (non-hydrogen) atoms. The van der Waals surface area contributed by atoms with E-state index in [1.807, 2.05) is 6.92 Å². The monoisotopic (exact) mass is 276 g/mol. The number of hydrogen-bond acceptors (Lipinski definition) is 4. The number of carboxylic acids is 1. The minimum absolute atomic E-state index is 0.0247. The second-order valence-corrected chi connectivity index (χ2v) is 4.13. The maximum absolute atomic E-state index is 11.0. The van der Waals surface area contributed by atoms with Gasteiger partial charge in [0.2, 0.25) is 0 Å². The van der Waals surface area contributed by atoms with Crippen LogP contribution in [0.25, 0.3) is 5.69 Å². The van der Waals surface area contributed by atoms with Crippen molar-refractivity contribution in [2.75, 3.05) is 14.2 Å². The first kappa shape index (κ1) is 13.9. The Kier molecular flexibility index (Phi) is 3.93. The summed E-state index contributed by atoms with van der Waals surface area (Å²) in [6.07, 6.45) is 0.675. The van der Waals surface area contributed by atoms with Crippen molar-refractivity contribution in [3.05, 3.63) is 35.7 Å². The second-order valence-electron chi connectivity index (χ2n) is 4.13. The van der Waals surface area contributed by atoms with Crippen molar-refractivity contribution in [3.8, 4) is 17.2 Å². The molecule has 0 amide bonds. The molecule has 1 heterocycles. The Morgan fingerprint density at radius 1 is 1.25 bits per heavy atom. The SMILES string of the molecule is CCc1cc(C(=O)O)nn1-c1ccc(OC)c(OC)c1. The number of ether oxygens (including phenoxy) is 2. The maximum atomic E-state index is 11.0. The lowest BCUT2D eigenvalue weighted by Crippen LogP contribution is -2.04. The van der Waals surface area contributed by atoms with Gasteiger partial charge in [-0.25, -0.2) is 9.48 Å². The van der Waals surface area contributed by atoms with E-state index in [1.165, 1.54) is 0 Å². The number of aromatic carboxylic acids is 1. The van der Waals surface area contributed by atoms with Gasteiger partial charge in [-0.05, 0) is 24.6 Å². The van der Waals surface area contributed by atoms with Gasteiger partial charge in [0.15, 0.2) is 17.2 Å². The molecule has 2 rings (SSSR count). The van der Waals surface area contributed by atoms with E-state index in [2.05, 4.69) is 5.10 Å². The van der Waals surface area contributed by atoms with Gasteiger partial charge in [0.25, 0.3) is 0 Å². The minimum atomic E-state index is -1.04. The quantitative estimate of drug-likeness (QED) is 0.905. The molecule has 1 N–H and O–H groups in total. The smallest absolute Gasteiger partial charge is 0.356 e. The molecule has 1 aromatic carbocycles. The predicted molar refractivity (Wildman–Crippen MR) is 73.0 cm³/mol. The molecule has 2 aromatic rings. The molecule has 0 fully saturated rings. The Hall–Kier alpha value is -2.50. The largest absolute Gasteiger partial charge is 0.493 e. The highest BCUT2D eigenvalue weighted by Crippen LogP contribution is 2.29. The fraction of sp³-hybridized carbons (Fsp3) is 0.286. The van der Waals surface area contributed by atoms with E-state index in [0.29, 0.717) is 17.9 Å². The van der Waals surface area contributed by atoms with Crippen LogP contribution in [0.15, 0.2) is 24.3 Å².